The Morgan fingerprint density at radius 2 is 2.04 bits per heavy atom. The Balaban J connectivity index is 1.84. The van der Waals surface area contributed by atoms with Gasteiger partial charge < -0.3 is 10.2 Å². The van der Waals surface area contributed by atoms with Gasteiger partial charge in [-0.15, -0.1) is 0 Å². The Morgan fingerprint density at radius 1 is 1.31 bits per heavy atom. The number of nitrogens with zero attached hydrogens (tertiary/aromatic N) is 3. The molecule has 2 amide bonds. The van der Waals surface area contributed by atoms with E-state index in [2.05, 4.69) is 24.3 Å². The number of amides is 2. The molecule has 138 valence electrons. The molecule has 1 aliphatic rings. The number of hydrogen-bond acceptors (Lipinski definition) is 3. The predicted octanol–water partition coefficient (Wildman–Crippen LogP) is 1.80. The van der Waals surface area contributed by atoms with Crippen LogP contribution < -0.4 is 5.32 Å². The van der Waals surface area contributed by atoms with Gasteiger partial charge in [-0.1, -0.05) is 44.2 Å². The summed E-state index contributed by atoms with van der Waals surface area (Å²) in [5.74, 6) is 0.239. The number of carbonyl (C=O) groups is 2. The van der Waals surface area contributed by atoms with Crippen molar-refractivity contribution in [2.75, 3.05) is 13.1 Å². The highest BCUT2D eigenvalue weighted by Gasteiger charge is 2.34. The quantitative estimate of drug-likeness (QED) is 0.890. The Hall–Kier alpha value is -2.63. The van der Waals surface area contributed by atoms with Crippen LogP contribution in [0.3, 0.4) is 0 Å². The molecule has 0 bridgehead atoms. The number of hydrogen-bond donors (Lipinski definition) is 1. The highest BCUT2D eigenvalue weighted by molar-refractivity contribution is 5.97. The molecule has 2 aromatic rings. The maximum Gasteiger partial charge on any atom is 0.272 e. The zero-order valence-electron chi connectivity index (χ0n) is 15.6. The van der Waals surface area contributed by atoms with Gasteiger partial charge in [0.15, 0.2) is 0 Å². The molecule has 1 atom stereocenters. The van der Waals surface area contributed by atoms with E-state index in [4.69, 9.17) is 0 Å². The van der Waals surface area contributed by atoms with Crippen LogP contribution >= 0.6 is 0 Å². The lowest BCUT2D eigenvalue weighted by Crippen LogP contribution is -2.58. The number of benzene rings is 1. The van der Waals surface area contributed by atoms with E-state index < -0.39 is 6.04 Å². The minimum atomic E-state index is -0.498. The molecule has 0 saturated carbocycles. The minimum absolute atomic E-state index is 0.0991. The molecule has 2 heterocycles. The number of rotatable bonds is 5. The van der Waals surface area contributed by atoms with Crippen molar-refractivity contribution in [3.8, 4) is 0 Å². The molecular weight excluding hydrogens is 328 g/mol. The van der Waals surface area contributed by atoms with Gasteiger partial charge in [0.2, 0.25) is 5.91 Å². The van der Waals surface area contributed by atoms with Crippen LogP contribution in [0.25, 0.3) is 0 Å². The van der Waals surface area contributed by atoms with Crippen molar-refractivity contribution in [1.82, 2.24) is 20.0 Å². The van der Waals surface area contributed by atoms with E-state index in [0.717, 1.165) is 17.7 Å². The summed E-state index contributed by atoms with van der Waals surface area (Å²) in [5.41, 5.74) is 2.48. The van der Waals surface area contributed by atoms with Gasteiger partial charge in [0.05, 0.1) is 5.69 Å². The first-order chi connectivity index (χ1) is 12.5. The fraction of sp³-hybridized carbons (Fsp3) is 0.450. The number of aryl methyl sites for hydroxylation is 1. The average molecular weight is 354 g/mol. The number of aromatic nitrogens is 2. The Labute approximate surface area is 154 Å². The fourth-order valence-electron chi connectivity index (χ4n) is 3.39. The lowest BCUT2D eigenvalue weighted by atomic mass is 10.0. The molecule has 26 heavy (non-hydrogen) atoms. The zero-order chi connectivity index (χ0) is 18.7. The van der Waals surface area contributed by atoms with Crippen molar-refractivity contribution in [2.24, 2.45) is 13.0 Å². The second-order valence-electron chi connectivity index (χ2n) is 7.24. The Morgan fingerprint density at radius 3 is 2.73 bits per heavy atom. The summed E-state index contributed by atoms with van der Waals surface area (Å²) in [4.78, 5) is 27.3. The van der Waals surface area contributed by atoms with Gasteiger partial charge in [-0.05, 0) is 24.0 Å². The molecule has 3 rings (SSSR count). The molecule has 0 radical (unpaired) electrons. The third kappa shape index (κ3) is 3.95. The lowest BCUT2D eigenvalue weighted by Gasteiger charge is -2.35. The molecule has 0 unspecified atom stereocenters. The summed E-state index contributed by atoms with van der Waals surface area (Å²) in [5, 5.41) is 7.34. The van der Waals surface area contributed by atoms with Crippen LogP contribution in [0, 0.1) is 5.92 Å². The van der Waals surface area contributed by atoms with Crippen molar-refractivity contribution in [1.29, 1.82) is 0 Å². The molecule has 0 spiro atoms. The smallest absolute Gasteiger partial charge is 0.272 e. The van der Waals surface area contributed by atoms with Crippen molar-refractivity contribution >= 4 is 11.8 Å². The van der Waals surface area contributed by atoms with E-state index in [1.807, 2.05) is 36.4 Å². The SMILES string of the molecule is CC(C)Cc1cc(C(=O)N2CCNC(=O)[C@H]2Cc2ccccc2)n(C)n1. The van der Waals surface area contributed by atoms with Gasteiger partial charge in [0.1, 0.15) is 11.7 Å². The van der Waals surface area contributed by atoms with E-state index in [9.17, 15) is 9.59 Å². The summed E-state index contributed by atoms with van der Waals surface area (Å²) in [7, 11) is 1.79. The number of piperazine rings is 1. The van der Waals surface area contributed by atoms with Crippen LogP contribution in [0.5, 0.6) is 0 Å². The van der Waals surface area contributed by atoms with Gasteiger partial charge >= 0.3 is 0 Å². The summed E-state index contributed by atoms with van der Waals surface area (Å²) < 4.78 is 1.63. The maximum absolute atomic E-state index is 13.2. The molecular formula is C20H26N4O2. The second-order valence-corrected chi connectivity index (χ2v) is 7.24. The molecule has 1 fully saturated rings. The van der Waals surface area contributed by atoms with Crippen molar-refractivity contribution in [2.45, 2.75) is 32.7 Å². The molecule has 1 aromatic carbocycles. The van der Waals surface area contributed by atoms with Crippen LogP contribution in [0.15, 0.2) is 36.4 Å². The van der Waals surface area contributed by atoms with Crippen LogP contribution in [0.2, 0.25) is 0 Å². The maximum atomic E-state index is 13.2. The Bertz CT molecular complexity index is 782. The first-order valence-corrected chi connectivity index (χ1v) is 9.11. The van der Waals surface area contributed by atoms with E-state index in [1.165, 1.54) is 0 Å². The van der Waals surface area contributed by atoms with E-state index in [1.54, 1.807) is 16.6 Å². The van der Waals surface area contributed by atoms with Crippen LogP contribution in [-0.4, -0.2) is 45.6 Å². The average Bonchev–Trinajstić information content (AvgIpc) is 2.96. The largest absolute Gasteiger partial charge is 0.353 e. The van der Waals surface area contributed by atoms with Gasteiger partial charge in [0, 0.05) is 26.6 Å². The van der Waals surface area contributed by atoms with Gasteiger partial charge in [-0.2, -0.15) is 5.10 Å². The summed E-state index contributed by atoms with van der Waals surface area (Å²) >= 11 is 0. The highest BCUT2D eigenvalue weighted by Crippen LogP contribution is 2.17. The normalized spacial score (nSPS) is 17.5. The van der Waals surface area contributed by atoms with E-state index in [-0.39, 0.29) is 11.8 Å². The lowest BCUT2D eigenvalue weighted by molar-refractivity contribution is -0.127. The third-order valence-corrected chi connectivity index (χ3v) is 4.63. The van der Waals surface area contributed by atoms with Crippen LogP contribution in [0.1, 0.15) is 35.6 Å². The van der Waals surface area contributed by atoms with Crippen molar-refractivity contribution in [3.63, 3.8) is 0 Å². The van der Waals surface area contributed by atoms with Crippen molar-refractivity contribution in [3.05, 3.63) is 53.3 Å². The Kier molecular flexibility index (Phi) is 5.40. The zero-order valence-corrected chi connectivity index (χ0v) is 15.6. The second kappa shape index (κ2) is 7.72. The number of nitrogens with one attached hydrogen (secondary N) is 1. The molecule has 0 aliphatic carbocycles. The van der Waals surface area contributed by atoms with E-state index >= 15 is 0 Å². The van der Waals surface area contributed by atoms with Gasteiger partial charge in [0.25, 0.3) is 5.91 Å². The standard InChI is InChI=1S/C20H26N4O2/c1-14(2)11-16-13-18(23(3)22-16)20(26)24-10-9-21-19(25)17(24)12-15-7-5-4-6-8-15/h4-8,13-14,17H,9-12H2,1-3H3,(H,21,25)/t17-/m1/s1. The highest BCUT2D eigenvalue weighted by atomic mass is 16.2. The summed E-state index contributed by atoms with van der Waals surface area (Å²) in [6.45, 7) is 5.24. The topological polar surface area (TPSA) is 67.2 Å². The minimum Gasteiger partial charge on any atom is -0.353 e. The number of carbonyl (C=O) groups excluding carboxylic acids is 2. The van der Waals surface area contributed by atoms with Gasteiger partial charge in [-0.3, -0.25) is 14.3 Å². The molecule has 6 heteroatoms. The monoisotopic (exact) mass is 354 g/mol. The molecule has 6 nitrogen and oxygen atoms in total. The molecule has 1 aromatic heterocycles. The summed E-state index contributed by atoms with van der Waals surface area (Å²) in [6, 6.07) is 11.2. The van der Waals surface area contributed by atoms with Crippen LogP contribution in [0.4, 0.5) is 0 Å². The first-order valence-electron chi connectivity index (χ1n) is 9.11. The van der Waals surface area contributed by atoms with Crippen LogP contribution in [-0.2, 0) is 24.7 Å². The van der Waals surface area contributed by atoms with E-state index in [0.29, 0.717) is 31.1 Å². The molecule has 1 N–H and O–H groups in total. The first kappa shape index (κ1) is 18.2. The summed E-state index contributed by atoms with van der Waals surface area (Å²) in [6.07, 6.45) is 1.34. The fourth-order valence-corrected chi connectivity index (χ4v) is 3.39. The third-order valence-electron chi connectivity index (χ3n) is 4.63. The predicted molar refractivity (Wildman–Crippen MR) is 99.7 cm³/mol. The van der Waals surface area contributed by atoms with Gasteiger partial charge in [-0.25, -0.2) is 0 Å². The molecule has 1 aliphatic heterocycles. The van der Waals surface area contributed by atoms with Crippen molar-refractivity contribution < 1.29 is 9.59 Å². The molecule has 1 saturated heterocycles.